The molecule has 4 heterocycles. The van der Waals surface area contributed by atoms with E-state index in [-0.39, 0.29) is 0 Å². The molecular formula is C16H15N5O2S. The molecule has 0 aliphatic rings. The smallest absolute Gasteiger partial charge is 0.283 e. The van der Waals surface area contributed by atoms with Crippen molar-refractivity contribution in [3.05, 3.63) is 53.6 Å². The fourth-order valence-corrected chi connectivity index (χ4v) is 3.07. The largest absolute Gasteiger partial charge is 0.459 e. The number of hydrogen-bond acceptors (Lipinski definition) is 7. The summed E-state index contributed by atoms with van der Waals surface area (Å²) in [6.07, 6.45) is 1.58. The highest BCUT2D eigenvalue weighted by atomic mass is 32.1. The lowest BCUT2D eigenvalue weighted by Crippen LogP contribution is -2.17. The van der Waals surface area contributed by atoms with Crippen molar-refractivity contribution in [3.8, 4) is 22.2 Å². The van der Waals surface area contributed by atoms with Crippen molar-refractivity contribution in [1.82, 2.24) is 25.3 Å². The molecule has 4 aromatic rings. The highest BCUT2D eigenvalue weighted by molar-refractivity contribution is 7.13. The van der Waals surface area contributed by atoms with Crippen LogP contribution in [0.5, 0.6) is 0 Å². The Morgan fingerprint density at radius 1 is 1.21 bits per heavy atom. The Bertz CT molecular complexity index is 820. The van der Waals surface area contributed by atoms with Gasteiger partial charge in [0.05, 0.1) is 17.7 Å². The van der Waals surface area contributed by atoms with Gasteiger partial charge in [-0.25, -0.2) is 0 Å². The van der Waals surface area contributed by atoms with Crippen molar-refractivity contribution in [2.45, 2.75) is 13.1 Å². The molecule has 8 heteroatoms. The van der Waals surface area contributed by atoms with Gasteiger partial charge in [0.25, 0.3) is 5.89 Å². The van der Waals surface area contributed by atoms with Gasteiger partial charge in [-0.15, -0.1) is 21.5 Å². The third-order valence-corrected chi connectivity index (χ3v) is 4.34. The van der Waals surface area contributed by atoms with Crippen LogP contribution in [0.2, 0.25) is 0 Å². The van der Waals surface area contributed by atoms with Crippen LogP contribution in [-0.4, -0.2) is 32.3 Å². The first-order chi connectivity index (χ1) is 11.8. The van der Waals surface area contributed by atoms with Crippen LogP contribution >= 0.6 is 11.3 Å². The highest BCUT2D eigenvalue weighted by Crippen LogP contribution is 2.23. The molecule has 0 atom stereocenters. The lowest BCUT2D eigenvalue weighted by Gasteiger charge is -2.12. The Morgan fingerprint density at radius 3 is 2.96 bits per heavy atom. The minimum Gasteiger partial charge on any atom is -0.459 e. The maximum Gasteiger partial charge on any atom is 0.283 e. The van der Waals surface area contributed by atoms with Crippen molar-refractivity contribution < 1.29 is 8.83 Å². The molecule has 122 valence electrons. The van der Waals surface area contributed by atoms with E-state index in [1.54, 1.807) is 29.7 Å². The van der Waals surface area contributed by atoms with E-state index in [2.05, 4.69) is 37.4 Å². The number of nitrogens with one attached hydrogen (secondary N) is 1. The monoisotopic (exact) mass is 341 g/mol. The molecule has 4 aromatic heterocycles. The quantitative estimate of drug-likeness (QED) is 0.578. The standard InChI is InChI=1S/C16H15N5O2S/c1-21(9-11-8-12(18-17-11)14-5-3-7-24-14)10-15-19-20-16(23-15)13-4-2-6-22-13/h2-8H,9-10H2,1H3,(H,17,18). The Hall–Kier alpha value is -2.71. The summed E-state index contributed by atoms with van der Waals surface area (Å²) < 4.78 is 10.9. The first-order valence-electron chi connectivity index (χ1n) is 7.41. The molecule has 0 saturated heterocycles. The zero-order valence-electron chi connectivity index (χ0n) is 13.0. The maximum absolute atomic E-state index is 5.62. The van der Waals surface area contributed by atoms with E-state index < -0.39 is 0 Å². The topological polar surface area (TPSA) is 84.0 Å². The second-order valence-corrected chi connectivity index (χ2v) is 6.35. The summed E-state index contributed by atoms with van der Waals surface area (Å²) in [5.41, 5.74) is 2.00. The molecule has 7 nitrogen and oxygen atoms in total. The number of aromatic nitrogens is 4. The van der Waals surface area contributed by atoms with Gasteiger partial charge in [-0.05, 0) is 36.7 Å². The van der Waals surface area contributed by atoms with Gasteiger partial charge in [0.15, 0.2) is 5.76 Å². The molecule has 0 bridgehead atoms. The van der Waals surface area contributed by atoms with E-state index in [1.807, 2.05) is 18.5 Å². The number of thiophene rings is 1. The fourth-order valence-electron chi connectivity index (χ4n) is 2.39. The minimum atomic E-state index is 0.393. The predicted octanol–water partition coefficient (Wildman–Crippen LogP) is 3.41. The SMILES string of the molecule is CN(Cc1cc(-c2cccs2)n[nH]1)Cc1nnc(-c2ccco2)o1. The third kappa shape index (κ3) is 3.15. The fraction of sp³-hybridized carbons (Fsp3) is 0.188. The van der Waals surface area contributed by atoms with Gasteiger partial charge in [-0.2, -0.15) is 5.10 Å². The Labute approximate surface area is 141 Å². The molecule has 0 spiro atoms. The first-order valence-corrected chi connectivity index (χ1v) is 8.29. The molecule has 0 aromatic carbocycles. The predicted molar refractivity (Wildman–Crippen MR) is 89.1 cm³/mol. The van der Waals surface area contributed by atoms with Gasteiger partial charge >= 0.3 is 0 Å². The van der Waals surface area contributed by atoms with Gasteiger partial charge in [0.1, 0.15) is 5.69 Å². The van der Waals surface area contributed by atoms with E-state index >= 15 is 0 Å². The number of rotatable bonds is 6. The summed E-state index contributed by atoms with van der Waals surface area (Å²) >= 11 is 1.67. The Balaban J connectivity index is 1.39. The molecule has 0 aliphatic carbocycles. The van der Waals surface area contributed by atoms with Crippen LogP contribution < -0.4 is 0 Å². The zero-order chi connectivity index (χ0) is 16.4. The third-order valence-electron chi connectivity index (χ3n) is 3.45. The lowest BCUT2D eigenvalue weighted by atomic mass is 10.3. The lowest BCUT2D eigenvalue weighted by molar-refractivity contribution is 0.279. The molecular weight excluding hydrogens is 326 g/mol. The van der Waals surface area contributed by atoms with E-state index in [9.17, 15) is 0 Å². The summed E-state index contributed by atoms with van der Waals surface area (Å²) in [5.74, 6) is 1.51. The minimum absolute atomic E-state index is 0.393. The molecule has 24 heavy (non-hydrogen) atoms. The number of hydrogen-bond donors (Lipinski definition) is 1. The summed E-state index contributed by atoms with van der Waals surface area (Å²) in [6, 6.07) is 9.71. The number of H-pyrrole nitrogens is 1. The van der Waals surface area contributed by atoms with Crippen LogP contribution in [-0.2, 0) is 13.1 Å². The summed E-state index contributed by atoms with van der Waals surface area (Å²) in [6.45, 7) is 1.25. The summed E-state index contributed by atoms with van der Waals surface area (Å²) in [5, 5.41) is 17.5. The molecule has 1 N–H and O–H groups in total. The summed E-state index contributed by atoms with van der Waals surface area (Å²) in [7, 11) is 1.99. The van der Waals surface area contributed by atoms with Crippen molar-refractivity contribution in [2.75, 3.05) is 7.05 Å². The van der Waals surface area contributed by atoms with E-state index in [4.69, 9.17) is 8.83 Å². The van der Waals surface area contributed by atoms with E-state index in [0.717, 1.165) is 16.3 Å². The number of furan rings is 1. The average Bonchev–Trinajstić information content (AvgIpc) is 3.35. The van der Waals surface area contributed by atoms with Gasteiger partial charge in [0, 0.05) is 12.2 Å². The van der Waals surface area contributed by atoms with Gasteiger partial charge < -0.3 is 8.83 Å². The van der Waals surface area contributed by atoms with Crippen molar-refractivity contribution in [2.24, 2.45) is 0 Å². The van der Waals surface area contributed by atoms with Gasteiger partial charge in [0.2, 0.25) is 5.89 Å². The molecule has 4 rings (SSSR count). The van der Waals surface area contributed by atoms with Crippen LogP contribution in [0.4, 0.5) is 0 Å². The van der Waals surface area contributed by atoms with Gasteiger partial charge in [-0.3, -0.25) is 10.00 Å². The van der Waals surface area contributed by atoms with Crippen LogP contribution in [0.3, 0.4) is 0 Å². The number of aromatic amines is 1. The maximum atomic E-state index is 5.62. The first kappa shape index (κ1) is 14.9. The van der Waals surface area contributed by atoms with Crippen LogP contribution in [0, 0.1) is 0 Å². The van der Waals surface area contributed by atoms with E-state index in [1.165, 1.54) is 0 Å². The average molecular weight is 341 g/mol. The van der Waals surface area contributed by atoms with Crippen molar-refractivity contribution >= 4 is 11.3 Å². The highest BCUT2D eigenvalue weighted by Gasteiger charge is 2.13. The van der Waals surface area contributed by atoms with E-state index in [0.29, 0.717) is 30.6 Å². The van der Waals surface area contributed by atoms with Crippen LogP contribution in [0.1, 0.15) is 11.6 Å². The molecule has 0 amide bonds. The normalized spacial score (nSPS) is 11.4. The molecule has 0 fully saturated rings. The Morgan fingerprint density at radius 2 is 2.17 bits per heavy atom. The summed E-state index contributed by atoms with van der Waals surface area (Å²) in [4.78, 5) is 3.23. The second kappa shape index (κ2) is 6.42. The molecule has 0 saturated carbocycles. The van der Waals surface area contributed by atoms with Crippen molar-refractivity contribution in [1.29, 1.82) is 0 Å². The molecule has 0 aliphatic heterocycles. The number of nitrogens with zero attached hydrogens (tertiary/aromatic N) is 4. The molecule has 0 radical (unpaired) electrons. The van der Waals surface area contributed by atoms with Crippen molar-refractivity contribution in [3.63, 3.8) is 0 Å². The Kier molecular flexibility index (Phi) is 3.97. The zero-order valence-corrected chi connectivity index (χ0v) is 13.8. The van der Waals surface area contributed by atoms with Gasteiger partial charge in [-0.1, -0.05) is 6.07 Å². The van der Waals surface area contributed by atoms with Crippen LogP contribution in [0.15, 0.2) is 50.8 Å². The second-order valence-electron chi connectivity index (χ2n) is 5.41. The van der Waals surface area contributed by atoms with Crippen LogP contribution in [0.25, 0.3) is 22.2 Å². The molecule has 0 unspecified atom stereocenters.